The third kappa shape index (κ3) is 8.92. The standard InChI is InChI=1S/C10H15N/c1-3-5-7-9-11-10-8-6-4-2/h11H,3-6H2,1-2H3. The van der Waals surface area contributed by atoms with Gasteiger partial charge in [-0.1, -0.05) is 25.7 Å². The Morgan fingerprint density at radius 1 is 0.909 bits per heavy atom. The van der Waals surface area contributed by atoms with Crippen LogP contribution in [0.3, 0.4) is 0 Å². The SMILES string of the molecule is CCCC#CNC#CCCC. The fraction of sp³-hybridized carbons (Fsp3) is 0.600. The molecule has 0 spiro atoms. The summed E-state index contributed by atoms with van der Waals surface area (Å²) in [6, 6.07) is 5.54. The summed E-state index contributed by atoms with van der Waals surface area (Å²) >= 11 is 0. The predicted molar refractivity (Wildman–Crippen MR) is 48.5 cm³/mol. The predicted octanol–water partition coefficient (Wildman–Crippen LogP) is 2.10. The van der Waals surface area contributed by atoms with Crippen LogP contribution in [0, 0.1) is 23.9 Å². The van der Waals surface area contributed by atoms with Gasteiger partial charge in [0.25, 0.3) is 0 Å². The summed E-state index contributed by atoms with van der Waals surface area (Å²) < 4.78 is 0. The second-order valence-corrected chi connectivity index (χ2v) is 2.23. The Kier molecular flexibility index (Phi) is 8.04. The fourth-order valence-corrected chi connectivity index (χ4v) is 0.495. The third-order valence-electron chi connectivity index (χ3n) is 1.05. The first-order valence-corrected chi connectivity index (χ1v) is 4.12. The van der Waals surface area contributed by atoms with E-state index < -0.39 is 0 Å². The van der Waals surface area contributed by atoms with Gasteiger partial charge in [-0.3, -0.25) is 5.32 Å². The van der Waals surface area contributed by atoms with Crippen molar-refractivity contribution in [1.82, 2.24) is 5.32 Å². The molecule has 0 unspecified atom stereocenters. The molecule has 0 radical (unpaired) electrons. The molecule has 0 aromatic carbocycles. The Morgan fingerprint density at radius 3 is 1.73 bits per heavy atom. The molecule has 0 fully saturated rings. The molecule has 0 saturated carbocycles. The highest BCUT2D eigenvalue weighted by Crippen LogP contribution is 1.80. The molecular formula is C10H15N. The lowest BCUT2D eigenvalue weighted by molar-refractivity contribution is 0.977. The van der Waals surface area contributed by atoms with Crippen LogP contribution in [-0.2, 0) is 0 Å². The zero-order valence-electron chi connectivity index (χ0n) is 7.33. The van der Waals surface area contributed by atoms with Gasteiger partial charge in [0.05, 0.1) is 0 Å². The molecule has 0 aliphatic rings. The minimum Gasteiger partial charge on any atom is -0.274 e. The molecule has 1 heteroatoms. The van der Waals surface area contributed by atoms with E-state index in [1.165, 1.54) is 0 Å². The molecule has 0 aliphatic carbocycles. The Hall–Kier alpha value is -1.08. The zero-order valence-corrected chi connectivity index (χ0v) is 7.33. The molecule has 0 heterocycles. The fourth-order valence-electron chi connectivity index (χ4n) is 0.495. The van der Waals surface area contributed by atoms with Gasteiger partial charge < -0.3 is 0 Å². The highest BCUT2D eigenvalue weighted by atomic mass is 14.8. The molecule has 11 heavy (non-hydrogen) atoms. The van der Waals surface area contributed by atoms with E-state index in [4.69, 9.17) is 0 Å². The summed E-state index contributed by atoms with van der Waals surface area (Å²) in [5, 5.41) is 2.73. The molecule has 0 saturated heterocycles. The molecule has 0 amide bonds. The van der Waals surface area contributed by atoms with Crippen LogP contribution in [0.5, 0.6) is 0 Å². The van der Waals surface area contributed by atoms with Crippen molar-refractivity contribution >= 4 is 0 Å². The first kappa shape index (κ1) is 9.92. The number of hydrogen-bond acceptors (Lipinski definition) is 1. The molecule has 60 valence electrons. The van der Waals surface area contributed by atoms with Gasteiger partial charge in [-0.05, 0) is 12.8 Å². The van der Waals surface area contributed by atoms with Crippen LogP contribution >= 0.6 is 0 Å². The van der Waals surface area contributed by atoms with Crippen molar-refractivity contribution in [2.75, 3.05) is 0 Å². The first-order chi connectivity index (χ1) is 5.41. The van der Waals surface area contributed by atoms with E-state index in [2.05, 4.69) is 43.1 Å². The van der Waals surface area contributed by atoms with Gasteiger partial charge in [-0.15, -0.1) is 0 Å². The molecule has 0 aromatic rings. The Morgan fingerprint density at radius 2 is 1.36 bits per heavy atom. The van der Waals surface area contributed by atoms with Crippen molar-refractivity contribution in [3.05, 3.63) is 0 Å². The summed E-state index contributed by atoms with van der Waals surface area (Å²) in [5.41, 5.74) is 0. The largest absolute Gasteiger partial charge is 0.274 e. The number of unbranched alkanes of at least 4 members (excludes halogenated alkanes) is 2. The second-order valence-electron chi connectivity index (χ2n) is 2.23. The minimum atomic E-state index is 0.947. The molecule has 0 aliphatic heterocycles. The van der Waals surface area contributed by atoms with Gasteiger partial charge in [0, 0.05) is 24.9 Å². The molecule has 1 nitrogen and oxygen atoms in total. The number of nitrogens with one attached hydrogen (secondary N) is 1. The summed E-state index contributed by atoms with van der Waals surface area (Å²) in [6.45, 7) is 4.22. The van der Waals surface area contributed by atoms with Gasteiger partial charge in [0.2, 0.25) is 0 Å². The van der Waals surface area contributed by atoms with Crippen molar-refractivity contribution in [2.45, 2.75) is 39.5 Å². The summed E-state index contributed by atoms with van der Waals surface area (Å²) in [7, 11) is 0. The molecular weight excluding hydrogens is 134 g/mol. The smallest absolute Gasteiger partial charge is 0.0171 e. The van der Waals surface area contributed by atoms with E-state index in [0.717, 1.165) is 25.7 Å². The maximum atomic E-state index is 2.95. The molecule has 0 rings (SSSR count). The summed E-state index contributed by atoms with van der Waals surface area (Å²) in [5.74, 6) is 5.90. The topological polar surface area (TPSA) is 12.0 Å². The number of hydrogen-bond donors (Lipinski definition) is 1. The Labute approximate surface area is 69.6 Å². The van der Waals surface area contributed by atoms with Crippen molar-refractivity contribution in [3.63, 3.8) is 0 Å². The first-order valence-electron chi connectivity index (χ1n) is 4.12. The lowest BCUT2D eigenvalue weighted by Gasteiger charge is -1.79. The van der Waals surface area contributed by atoms with Gasteiger partial charge in [0.15, 0.2) is 0 Å². The second kappa shape index (κ2) is 8.92. The van der Waals surface area contributed by atoms with Crippen LogP contribution < -0.4 is 5.32 Å². The van der Waals surface area contributed by atoms with Crippen LogP contribution in [0.1, 0.15) is 39.5 Å². The van der Waals surface area contributed by atoms with E-state index in [1.807, 2.05) is 0 Å². The van der Waals surface area contributed by atoms with E-state index in [9.17, 15) is 0 Å². The molecule has 0 aromatic heterocycles. The minimum absolute atomic E-state index is 0.947. The van der Waals surface area contributed by atoms with Crippen LogP contribution in [0.25, 0.3) is 0 Å². The quantitative estimate of drug-likeness (QED) is 0.468. The van der Waals surface area contributed by atoms with E-state index in [0.29, 0.717) is 0 Å². The van der Waals surface area contributed by atoms with Crippen LogP contribution in [0.15, 0.2) is 0 Å². The number of rotatable bonds is 2. The molecule has 1 N–H and O–H groups in total. The Balaban J connectivity index is 3.28. The average Bonchev–Trinajstić information content (AvgIpc) is 2.03. The molecule has 0 atom stereocenters. The van der Waals surface area contributed by atoms with Gasteiger partial charge in [-0.2, -0.15) is 0 Å². The monoisotopic (exact) mass is 149 g/mol. The Bertz CT molecular complexity index is 162. The maximum Gasteiger partial charge on any atom is 0.0171 e. The lowest BCUT2D eigenvalue weighted by Crippen LogP contribution is -1.92. The van der Waals surface area contributed by atoms with Gasteiger partial charge >= 0.3 is 0 Å². The van der Waals surface area contributed by atoms with E-state index >= 15 is 0 Å². The summed E-state index contributed by atoms with van der Waals surface area (Å²) in [6.07, 6.45) is 4.11. The van der Waals surface area contributed by atoms with Crippen molar-refractivity contribution in [3.8, 4) is 23.9 Å². The molecule has 0 bridgehead atoms. The van der Waals surface area contributed by atoms with Crippen molar-refractivity contribution in [2.24, 2.45) is 0 Å². The normalized spacial score (nSPS) is 7.09. The van der Waals surface area contributed by atoms with Crippen LogP contribution in [0.2, 0.25) is 0 Å². The lowest BCUT2D eigenvalue weighted by atomic mass is 10.3. The summed E-state index contributed by atoms with van der Waals surface area (Å²) in [4.78, 5) is 0. The van der Waals surface area contributed by atoms with Crippen molar-refractivity contribution in [1.29, 1.82) is 0 Å². The van der Waals surface area contributed by atoms with Gasteiger partial charge in [0.1, 0.15) is 0 Å². The van der Waals surface area contributed by atoms with Gasteiger partial charge in [-0.25, -0.2) is 0 Å². The van der Waals surface area contributed by atoms with E-state index in [1.54, 1.807) is 0 Å². The van der Waals surface area contributed by atoms with Crippen LogP contribution in [0.4, 0.5) is 0 Å². The van der Waals surface area contributed by atoms with Crippen molar-refractivity contribution < 1.29 is 0 Å². The zero-order chi connectivity index (χ0) is 8.36. The highest BCUT2D eigenvalue weighted by molar-refractivity contribution is 5.06. The van der Waals surface area contributed by atoms with E-state index in [-0.39, 0.29) is 0 Å². The maximum absolute atomic E-state index is 2.95. The highest BCUT2D eigenvalue weighted by Gasteiger charge is 1.69. The average molecular weight is 149 g/mol. The third-order valence-corrected chi connectivity index (χ3v) is 1.05. The van der Waals surface area contributed by atoms with Crippen LogP contribution in [-0.4, -0.2) is 0 Å².